The highest BCUT2D eigenvalue weighted by molar-refractivity contribution is 6.07. The van der Waals surface area contributed by atoms with E-state index in [0.29, 0.717) is 22.6 Å². The van der Waals surface area contributed by atoms with Crippen molar-refractivity contribution in [3.8, 4) is 22.8 Å². The molecule has 2 aromatic heterocycles. The average Bonchev–Trinajstić information content (AvgIpc) is 3.21. The smallest absolute Gasteiger partial charge is 0.259 e. The van der Waals surface area contributed by atoms with Gasteiger partial charge in [-0.3, -0.25) is 9.78 Å². The highest BCUT2D eigenvalue weighted by Gasteiger charge is 2.19. The molecule has 2 aromatic carbocycles. The number of ether oxygens (including phenoxy) is 1. The second kappa shape index (κ2) is 7.75. The Balaban J connectivity index is 1.71. The van der Waals surface area contributed by atoms with Crippen LogP contribution >= 0.6 is 0 Å². The first-order valence-electron chi connectivity index (χ1n) is 8.76. The number of pyridine rings is 1. The molecule has 0 saturated carbocycles. The molecule has 2 heterocycles. The number of rotatable bonds is 5. The van der Waals surface area contributed by atoms with Crippen LogP contribution in [0.3, 0.4) is 0 Å². The second-order valence-electron chi connectivity index (χ2n) is 6.07. The topological polar surface area (TPSA) is 69.0 Å². The SMILES string of the molecule is COc1ccc(NC(=O)c2cn(-c3ccccc3)nc2-c2ccccn2)cc1. The molecule has 0 aliphatic rings. The summed E-state index contributed by atoms with van der Waals surface area (Å²) in [6, 6.07) is 22.3. The lowest BCUT2D eigenvalue weighted by molar-refractivity contribution is 0.102. The maximum Gasteiger partial charge on any atom is 0.259 e. The standard InChI is InChI=1S/C22H18N4O2/c1-28-18-12-10-16(11-13-18)24-22(27)19-15-26(17-7-3-2-4-8-17)25-21(19)20-9-5-6-14-23-20/h2-15H,1H3,(H,24,27). The molecule has 0 fully saturated rings. The van der Waals surface area contributed by atoms with Crippen LogP contribution in [-0.4, -0.2) is 27.8 Å². The van der Waals surface area contributed by atoms with E-state index in [9.17, 15) is 4.79 Å². The normalized spacial score (nSPS) is 10.5. The first-order valence-corrected chi connectivity index (χ1v) is 8.76. The molecule has 0 bridgehead atoms. The number of aromatic nitrogens is 3. The Morgan fingerprint density at radius 3 is 2.39 bits per heavy atom. The van der Waals surface area contributed by atoms with E-state index in [-0.39, 0.29) is 5.91 Å². The zero-order chi connectivity index (χ0) is 19.3. The molecule has 0 aliphatic carbocycles. The molecular formula is C22H18N4O2. The Hall–Kier alpha value is -3.93. The van der Waals surface area contributed by atoms with Crippen molar-refractivity contribution in [3.63, 3.8) is 0 Å². The quantitative estimate of drug-likeness (QED) is 0.572. The first kappa shape index (κ1) is 17.5. The molecule has 1 amide bonds. The van der Waals surface area contributed by atoms with Crippen molar-refractivity contribution in [1.29, 1.82) is 0 Å². The van der Waals surface area contributed by atoms with Crippen LogP contribution < -0.4 is 10.1 Å². The number of carbonyl (C=O) groups excluding carboxylic acids is 1. The van der Waals surface area contributed by atoms with E-state index in [1.54, 1.807) is 48.5 Å². The number of nitrogens with zero attached hydrogens (tertiary/aromatic N) is 3. The fraction of sp³-hybridized carbons (Fsp3) is 0.0455. The Labute approximate surface area is 162 Å². The summed E-state index contributed by atoms with van der Waals surface area (Å²) in [6.45, 7) is 0. The highest BCUT2D eigenvalue weighted by atomic mass is 16.5. The molecule has 6 nitrogen and oxygen atoms in total. The molecule has 0 radical (unpaired) electrons. The van der Waals surface area contributed by atoms with E-state index < -0.39 is 0 Å². The summed E-state index contributed by atoms with van der Waals surface area (Å²) in [5, 5.41) is 7.52. The number of hydrogen-bond donors (Lipinski definition) is 1. The summed E-state index contributed by atoms with van der Waals surface area (Å²) >= 11 is 0. The van der Waals surface area contributed by atoms with Gasteiger partial charge >= 0.3 is 0 Å². The molecule has 138 valence electrons. The maximum atomic E-state index is 13.0. The van der Waals surface area contributed by atoms with Gasteiger partial charge in [-0.05, 0) is 48.5 Å². The molecule has 4 aromatic rings. The van der Waals surface area contributed by atoms with Gasteiger partial charge in [-0.1, -0.05) is 24.3 Å². The number of hydrogen-bond acceptors (Lipinski definition) is 4. The van der Waals surface area contributed by atoms with Gasteiger partial charge in [-0.25, -0.2) is 4.68 Å². The van der Waals surface area contributed by atoms with Crippen molar-refractivity contribution in [2.75, 3.05) is 12.4 Å². The molecule has 4 rings (SSSR count). The fourth-order valence-electron chi connectivity index (χ4n) is 2.82. The van der Waals surface area contributed by atoms with Gasteiger partial charge in [0.1, 0.15) is 11.4 Å². The largest absolute Gasteiger partial charge is 0.497 e. The minimum absolute atomic E-state index is 0.256. The second-order valence-corrected chi connectivity index (χ2v) is 6.07. The van der Waals surface area contributed by atoms with Gasteiger partial charge in [0.15, 0.2) is 0 Å². The molecule has 0 saturated heterocycles. The van der Waals surface area contributed by atoms with Crippen LogP contribution in [0.2, 0.25) is 0 Å². The van der Waals surface area contributed by atoms with E-state index in [0.717, 1.165) is 11.4 Å². The summed E-state index contributed by atoms with van der Waals surface area (Å²) in [7, 11) is 1.60. The number of carbonyl (C=O) groups is 1. The third-order valence-corrected chi connectivity index (χ3v) is 4.23. The molecule has 0 unspecified atom stereocenters. The first-order chi connectivity index (χ1) is 13.7. The molecule has 0 spiro atoms. The lowest BCUT2D eigenvalue weighted by Crippen LogP contribution is -2.12. The third-order valence-electron chi connectivity index (χ3n) is 4.23. The summed E-state index contributed by atoms with van der Waals surface area (Å²) in [5.74, 6) is 0.470. The van der Waals surface area contributed by atoms with E-state index >= 15 is 0 Å². The van der Waals surface area contributed by atoms with Crippen LogP contribution in [0.15, 0.2) is 85.2 Å². The van der Waals surface area contributed by atoms with Gasteiger partial charge in [0, 0.05) is 18.1 Å². The summed E-state index contributed by atoms with van der Waals surface area (Å²) in [5.41, 5.74) is 3.14. The van der Waals surface area contributed by atoms with Crippen molar-refractivity contribution in [2.24, 2.45) is 0 Å². The molecule has 0 aliphatic heterocycles. The summed E-state index contributed by atoms with van der Waals surface area (Å²) < 4.78 is 6.84. The van der Waals surface area contributed by atoms with Gasteiger partial charge in [0.25, 0.3) is 5.91 Å². The van der Waals surface area contributed by atoms with Gasteiger partial charge in [0.2, 0.25) is 0 Å². The van der Waals surface area contributed by atoms with Crippen LogP contribution in [0.25, 0.3) is 17.1 Å². The minimum atomic E-state index is -0.256. The molecule has 28 heavy (non-hydrogen) atoms. The van der Waals surface area contributed by atoms with Crippen molar-refractivity contribution < 1.29 is 9.53 Å². The van der Waals surface area contributed by atoms with Gasteiger partial charge in [-0.2, -0.15) is 5.10 Å². The van der Waals surface area contributed by atoms with Crippen LogP contribution in [0.4, 0.5) is 5.69 Å². The predicted octanol–water partition coefficient (Wildman–Crippen LogP) is 4.20. The third kappa shape index (κ3) is 3.61. The van der Waals surface area contributed by atoms with Crippen molar-refractivity contribution in [1.82, 2.24) is 14.8 Å². The predicted molar refractivity (Wildman–Crippen MR) is 108 cm³/mol. The number of nitrogens with one attached hydrogen (secondary N) is 1. The number of para-hydroxylation sites is 1. The van der Waals surface area contributed by atoms with E-state index in [4.69, 9.17) is 4.74 Å². The van der Waals surface area contributed by atoms with E-state index in [1.165, 1.54) is 0 Å². The summed E-state index contributed by atoms with van der Waals surface area (Å²) in [6.07, 6.45) is 3.40. The van der Waals surface area contributed by atoms with Crippen molar-refractivity contribution in [2.45, 2.75) is 0 Å². The Morgan fingerprint density at radius 2 is 1.71 bits per heavy atom. The number of benzene rings is 2. The maximum absolute atomic E-state index is 13.0. The zero-order valence-corrected chi connectivity index (χ0v) is 15.2. The molecular weight excluding hydrogens is 352 g/mol. The average molecular weight is 370 g/mol. The van der Waals surface area contributed by atoms with Crippen LogP contribution in [0, 0.1) is 0 Å². The monoisotopic (exact) mass is 370 g/mol. The number of amides is 1. The van der Waals surface area contributed by atoms with Crippen molar-refractivity contribution in [3.05, 3.63) is 90.8 Å². The fourth-order valence-corrected chi connectivity index (χ4v) is 2.82. The van der Waals surface area contributed by atoms with Gasteiger partial charge < -0.3 is 10.1 Å². The zero-order valence-electron chi connectivity index (χ0n) is 15.2. The number of methoxy groups -OCH3 is 1. The van der Waals surface area contributed by atoms with E-state index in [2.05, 4.69) is 15.4 Å². The summed E-state index contributed by atoms with van der Waals surface area (Å²) in [4.78, 5) is 17.3. The van der Waals surface area contributed by atoms with Crippen LogP contribution in [0.1, 0.15) is 10.4 Å². The lowest BCUT2D eigenvalue weighted by Gasteiger charge is -2.06. The Bertz CT molecular complexity index is 1070. The Morgan fingerprint density at radius 1 is 0.964 bits per heavy atom. The highest BCUT2D eigenvalue weighted by Crippen LogP contribution is 2.23. The minimum Gasteiger partial charge on any atom is -0.497 e. The van der Waals surface area contributed by atoms with Gasteiger partial charge in [0.05, 0.1) is 24.1 Å². The molecule has 0 atom stereocenters. The molecule has 1 N–H and O–H groups in total. The van der Waals surface area contributed by atoms with Gasteiger partial charge in [-0.15, -0.1) is 0 Å². The Kier molecular flexibility index (Phi) is 4.84. The van der Waals surface area contributed by atoms with Crippen LogP contribution in [0.5, 0.6) is 5.75 Å². The van der Waals surface area contributed by atoms with E-state index in [1.807, 2.05) is 48.5 Å². The lowest BCUT2D eigenvalue weighted by atomic mass is 10.1. The van der Waals surface area contributed by atoms with Crippen LogP contribution in [-0.2, 0) is 0 Å². The van der Waals surface area contributed by atoms with Crippen molar-refractivity contribution >= 4 is 11.6 Å². The molecule has 6 heteroatoms. The number of anilines is 1.